The number of hydrogen-bond acceptors (Lipinski definition) is 5. The molecule has 0 saturated carbocycles. The number of amides is 1. The quantitative estimate of drug-likeness (QED) is 0.705. The van der Waals surface area contributed by atoms with E-state index < -0.39 is 27.3 Å². The Morgan fingerprint density at radius 1 is 1.45 bits per heavy atom. The van der Waals surface area contributed by atoms with Crippen molar-refractivity contribution in [1.29, 1.82) is 0 Å². The van der Waals surface area contributed by atoms with Crippen molar-refractivity contribution in [2.24, 2.45) is 11.1 Å². The fraction of sp³-hybridized carbons (Fsp3) is 0.455. The molecule has 0 atom stereocenters. The summed E-state index contributed by atoms with van der Waals surface area (Å²) < 4.78 is 26.6. The Hall–Kier alpha value is -1.45. The Balaban J connectivity index is 3.10. The minimum Gasteiger partial charge on any atom is -0.477 e. The summed E-state index contributed by atoms with van der Waals surface area (Å²) in [4.78, 5) is 21.7. The molecule has 0 aromatic carbocycles. The fourth-order valence-corrected chi connectivity index (χ4v) is 4.19. The summed E-state index contributed by atoms with van der Waals surface area (Å²) >= 11 is 0.840. The highest BCUT2D eigenvalue weighted by Crippen LogP contribution is 2.27. The lowest BCUT2D eigenvalue weighted by atomic mass is 9.93. The number of sulfonamides is 1. The Kier molecular flexibility index (Phi) is 4.57. The van der Waals surface area contributed by atoms with E-state index in [0.29, 0.717) is 5.56 Å². The Morgan fingerprint density at radius 3 is 2.45 bits per heavy atom. The van der Waals surface area contributed by atoms with Gasteiger partial charge in [-0.15, -0.1) is 11.3 Å². The number of rotatable bonds is 6. The average molecular weight is 320 g/mol. The van der Waals surface area contributed by atoms with Gasteiger partial charge in [-0.2, -0.15) is 0 Å². The van der Waals surface area contributed by atoms with E-state index in [4.69, 9.17) is 10.8 Å². The molecule has 4 N–H and O–H groups in total. The van der Waals surface area contributed by atoms with Gasteiger partial charge in [-0.1, -0.05) is 0 Å². The van der Waals surface area contributed by atoms with Crippen LogP contribution in [0, 0.1) is 12.3 Å². The molecule has 0 bridgehead atoms. The van der Waals surface area contributed by atoms with E-state index in [1.807, 2.05) is 0 Å². The third-order valence-electron chi connectivity index (χ3n) is 2.75. The highest BCUT2D eigenvalue weighted by molar-refractivity contribution is 7.89. The lowest BCUT2D eigenvalue weighted by Crippen LogP contribution is -2.42. The zero-order valence-electron chi connectivity index (χ0n) is 11.3. The highest BCUT2D eigenvalue weighted by atomic mass is 32.2. The van der Waals surface area contributed by atoms with Crippen LogP contribution in [0.3, 0.4) is 0 Å². The van der Waals surface area contributed by atoms with Crippen LogP contribution in [-0.4, -0.2) is 31.9 Å². The number of primary amides is 1. The predicted octanol–water partition coefficient (Wildman–Crippen LogP) is 0.545. The smallest absolute Gasteiger partial charge is 0.347 e. The molecule has 1 rings (SSSR count). The number of carboxylic acids is 1. The van der Waals surface area contributed by atoms with Gasteiger partial charge in [0.1, 0.15) is 9.77 Å². The molecule has 0 radical (unpaired) electrons. The van der Waals surface area contributed by atoms with Crippen LogP contribution in [0.4, 0.5) is 0 Å². The molecule has 7 nitrogen and oxygen atoms in total. The molecule has 1 heterocycles. The summed E-state index contributed by atoms with van der Waals surface area (Å²) in [6.07, 6.45) is 0. The van der Waals surface area contributed by atoms with Crippen molar-refractivity contribution < 1.29 is 23.1 Å². The van der Waals surface area contributed by atoms with Crippen LogP contribution in [0.1, 0.15) is 29.1 Å². The number of carboxylic acid groups (broad SMARTS) is 1. The Bertz CT molecular complexity index is 646. The summed E-state index contributed by atoms with van der Waals surface area (Å²) in [6, 6.07) is 0. The summed E-state index contributed by atoms with van der Waals surface area (Å²) in [7, 11) is -4.02. The molecule has 0 fully saturated rings. The maximum Gasteiger partial charge on any atom is 0.347 e. The van der Waals surface area contributed by atoms with Gasteiger partial charge < -0.3 is 10.8 Å². The molecule has 0 unspecified atom stereocenters. The number of hydrogen-bond donors (Lipinski definition) is 3. The molecule has 20 heavy (non-hydrogen) atoms. The van der Waals surface area contributed by atoms with Crippen LogP contribution in [0.5, 0.6) is 0 Å². The van der Waals surface area contributed by atoms with Crippen LogP contribution in [0.2, 0.25) is 0 Å². The minimum atomic E-state index is -4.02. The molecule has 0 spiro atoms. The summed E-state index contributed by atoms with van der Waals surface area (Å²) in [5.41, 5.74) is 4.44. The first-order valence-electron chi connectivity index (χ1n) is 5.60. The van der Waals surface area contributed by atoms with Crippen LogP contribution in [-0.2, 0) is 14.8 Å². The van der Waals surface area contributed by atoms with Crippen molar-refractivity contribution >= 4 is 33.2 Å². The van der Waals surface area contributed by atoms with E-state index in [2.05, 4.69) is 4.72 Å². The number of nitrogens with one attached hydrogen (secondary N) is 1. The zero-order valence-corrected chi connectivity index (χ0v) is 12.9. The Morgan fingerprint density at radius 2 is 2.00 bits per heavy atom. The van der Waals surface area contributed by atoms with Crippen molar-refractivity contribution in [1.82, 2.24) is 4.72 Å². The van der Waals surface area contributed by atoms with Crippen molar-refractivity contribution in [3.05, 3.63) is 15.8 Å². The number of aryl methyl sites for hydroxylation is 1. The summed E-state index contributed by atoms with van der Waals surface area (Å²) in [5, 5.41) is 10.5. The van der Waals surface area contributed by atoms with E-state index in [9.17, 15) is 18.0 Å². The van der Waals surface area contributed by atoms with Gasteiger partial charge in [0.05, 0.1) is 5.41 Å². The summed E-state index contributed by atoms with van der Waals surface area (Å²) in [5.74, 6) is -1.96. The second kappa shape index (κ2) is 5.51. The van der Waals surface area contributed by atoms with E-state index >= 15 is 0 Å². The first kappa shape index (κ1) is 16.6. The maximum atomic E-state index is 12.2. The minimum absolute atomic E-state index is 0.209. The fourth-order valence-electron chi connectivity index (χ4n) is 1.35. The SMILES string of the molecule is Cc1csc(C(=O)O)c1S(=O)(=O)NCC(C)(C)C(N)=O. The second-order valence-corrected chi connectivity index (χ2v) is 7.54. The highest BCUT2D eigenvalue weighted by Gasteiger charge is 2.31. The molecule has 0 aliphatic heterocycles. The molecule has 1 amide bonds. The largest absolute Gasteiger partial charge is 0.477 e. The number of nitrogens with two attached hydrogens (primary N) is 1. The molecule has 0 aliphatic carbocycles. The van der Waals surface area contributed by atoms with E-state index in [-0.39, 0.29) is 16.3 Å². The molecule has 112 valence electrons. The molecule has 1 aromatic heterocycles. The van der Waals surface area contributed by atoms with Gasteiger partial charge in [-0.3, -0.25) is 4.79 Å². The van der Waals surface area contributed by atoms with E-state index in [1.165, 1.54) is 26.2 Å². The van der Waals surface area contributed by atoms with Gasteiger partial charge >= 0.3 is 5.97 Å². The maximum absolute atomic E-state index is 12.2. The molecular weight excluding hydrogens is 304 g/mol. The zero-order chi connectivity index (χ0) is 15.7. The molecule has 0 saturated heterocycles. The lowest BCUT2D eigenvalue weighted by Gasteiger charge is -2.20. The third-order valence-corrected chi connectivity index (χ3v) is 5.56. The molecule has 1 aromatic rings. The van der Waals surface area contributed by atoms with E-state index in [1.54, 1.807) is 0 Å². The van der Waals surface area contributed by atoms with Gasteiger partial charge in [0, 0.05) is 6.54 Å². The lowest BCUT2D eigenvalue weighted by molar-refractivity contribution is -0.125. The normalized spacial score (nSPS) is 12.3. The van der Waals surface area contributed by atoms with Gasteiger partial charge in [-0.05, 0) is 31.7 Å². The molecule has 9 heteroatoms. The number of carbonyl (C=O) groups is 2. The predicted molar refractivity (Wildman–Crippen MR) is 74.2 cm³/mol. The van der Waals surface area contributed by atoms with Crippen molar-refractivity contribution in [3.63, 3.8) is 0 Å². The molecular formula is C11H16N2O5S2. The average Bonchev–Trinajstić information content (AvgIpc) is 2.69. The Labute approximate surface area is 120 Å². The standard InChI is InChI=1S/C11H16N2O5S2/c1-6-4-19-7(9(14)15)8(6)20(17,18)13-5-11(2,3)10(12)16/h4,13H,5H2,1-3H3,(H2,12,16)(H,14,15). The first-order chi connectivity index (χ1) is 8.99. The number of carbonyl (C=O) groups excluding carboxylic acids is 1. The van der Waals surface area contributed by atoms with Crippen LogP contribution >= 0.6 is 11.3 Å². The van der Waals surface area contributed by atoms with Gasteiger partial charge in [0.15, 0.2) is 0 Å². The van der Waals surface area contributed by atoms with Gasteiger partial charge in [0.2, 0.25) is 15.9 Å². The van der Waals surface area contributed by atoms with Crippen molar-refractivity contribution in [2.75, 3.05) is 6.54 Å². The number of thiophene rings is 1. The first-order valence-corrected chi connectivity index (χ1v) is 7.96. The van der Waals surface area contributed by atoms with Gasteiger partial charge in [-0.25, -0.2) is 17.9 Å². The van der Waals surface area contributed by atoms with Crippen molar-refractivity contribution in [3.8, 4) is 0 Å². The van der Waals surface area contributed by atoms with Crippen molar-refractivity contribution in [2.45, 2.75) is 25.7 Å². The summed E-state index contributed by atoms with van der Waals surface area (Å²) in [6.45, 7) is 4.29. The van der Waals surface area contributed by atoms with Crippen LogP contribution in [0.25, 0.3) is 0 Å². The monoisotopic (exact) mass is 320 g/mol. The number of aromatic carboxylic acids is 1. The second-order valence-electron chi connectivity index (χ2n) is 4.95. The third kappa shape index (κ3) is 3.35. The van der Waals surface area contributed by atoms with E-state index in [0.717, 1.165) is 11.3 Å². The van der Waals surface area contributed by atoms with Gasteiger partial charge in [0.25, 0.3) is 0 Å². The van der Waals surface area contributed by atoms with Crippen LogP contribution < -0.4 is 10.5 Å². The topological polar surface area (TPSA) is 127 Å². The van der Waals surface area contributed by atoms with Crippen LogP contribution in [0.15, 0.2) is 10.3 Å². The molecule has 0 aliphatic rings.